The fourth-order valence-electron chi connectivity index (χ4n) is 3.08. The van der Waals surface area contributed by atoms with Crippen LogP contribution in [0.2, 0.25) is 0 Å². The molecule has 118 valence electrons. The van der Waals surface area contributed by atoms with Crippen molar-refractivity contribution in [2.75, 3.05) is 44.7 Å². The molecule has 0 spiro atoms. The highest BCUT2D eigenvalue weighted by Gasteiger charge is 2.18. The highest BCUT2D eigenvalue weighted by molar-refractivity contribution is 5.82. The van der Waals surface area contributed by atoms with Crippen LogP contribution in [0.1, 0.15) is 17.5 Å². The minimum absolute atomic E-state index is 0.730. The lowest BCUT2D eigenvalue weighted by atomic mass is 10.1. The summed E-state index contributed by atoms with van der Waals surface area (Å²) in [5, 5.41) is 1.23. The van der Waals surface area contributed by atoms with Gasteiger partial charge >= 0.3 is 0 Å². The first kappa shape index (κ1) is 15.3. The molecule has 2 heterocycles. The summed E-state index contributed by atoms with van der Waals surface area (Å²) in [6.45, 7) is 7.16. The van der Waals surface area contributed by atoms with E-state index in [0.717, 1.165) is 51.1 Å². The molecule has 22 heavy (non-hydrogen) atoms. The average molecular weight is 298 g/mol. The Morgan fingerprint density at radius 3 is 2.64 bits per heavy atom. The van der Waals surface area contributed by atoms with Crippen LogP contribution >= 0.6 is 0 Å². The molecule has 4 nitrogen and oxygen atoms in total. The zero-order chi connectivity index (χ0) is 15.5. The number of hydrogen-bond acceptors (Lipinski definition) is 4. The van der Waals surface area contributed by atoms with E-state index in [1.165, 1.54) is 22.3 Å². The molecular formula is C18H26N4. The molecule has 0 atom stereocenters. The first-order valence-electron chi connectivity index (χ1n) is 8.21. The molecule has 0 radical (unpaired) electrons. The largest absolute Gasteiger partial charge is 0.354 e. The summed E-state index contributed by atoms with van der Waals surface area (Å²) < 4.78 is 0. The van der Waals surface area contributed by atoms with Crippen LogP contribution in [0.4, 0.5) is 5.82 Å². The number of hydrogen-bond donors (Lipinski definition) is 1. The predicted molar refractivity (Wildman–Crippen MR) is 93.6 cm³/mol. The standard InChI is InChI=1S/C18H26N4/c1-14-5-6-15-13-16(4-3-7-19)18(20-17(15)12-14)22-10-8-21(2)9-11-22/h5-6,12-13H,3-4,7-11,19H2,1-2H3. The Morgan fingerprint density at radius 1 is 1.14 bits per heavy atom. The lowest BCUT2D eigenvalue weighted by molar-refractivity contribution is 0.312. The number of benzene rings is 1. The van der Waals surface area contributed by atoms with Gasteiger partial charge in [-0.2, -0.15) is 0 Å². The smallest absolute Gasteiger partial charge is 0.132 e. The van der Waals surface area contributed by atoms with Crippen LogP contribution in [0.5, 0.6) is 0 Å². The first-order valence-corrected chi connectivity index (χ1v) is 8.21. The molecule has 1 aromatic heterocycles. The number of likely N-dealkylation sites (N-methyl/N-ethyl adjacent to an activating group) is 1. The van der Waals surface area contributed by atoms with Crippen LogP contribution < -0.4 is 10.6 Å². The molecule has 0 aliphatic carbocycles. The van der Waals surface area contributed by atoms with Crippen molar-refractivity contribution >= 4 is 16.7 Å². The molecule has 0 amide bonds. The molecule has 2 aromatic rings. The summed E-state index contributed by atoms with van der Waals surface area (Å²) >= 11 is 0. The van der Waals surface area contributed by atoms with Gasteiger partial charge in [0.25, 0.3) is 0 Å². The van der Waals surface area contributed by atoms with Crippen molar-refractivity contribution in [1.82, 2.24) is 9.88 Å². The van der Waals surface area contributed by atoms with Gasteiger partial charge in [-0.25, -0.2) is 4.98 Å². The minimum Gasteiger partial charge on any atom is -0.354 e. The third-order valence-corrected chi connectivity index (χ3v) is 4.48. The number of fused-ring (bicyclic) bond motifs is 1. The molecule has 0 bridgehead atoms. The number of pyridine rings is 1. The van der Waals surface area contributed by atoms with E-state index in [2.05, 4.69) is 48.0 Å². The number of piperazine rings is 1. The number of anilines is 1. The SMILES string of the molecule is Cc1ccc2cc(CCCN)c(N3CCN(C)CC3)nc2c1. The van der Waals surface area contributed by atoms with Gasteiger partial charge in [-0.05, 0) is 56.6 Å². The van der Waals surface area contributed by atoms with E-state index in [0.29, 0.717) is 0 Å². The van der Waals surface area contributed by atoms with Gasteiger partial charge < -0.3 is 15.5 Å². The van der Waals surface area contributed by atoms with Crippen LogP contribution in [0.3, 0.4) is 0 Å². The topological polar surface area (TPSA) is 45.4 Å². The van der Waals surface area contributed by atoms with E-state index in [4.69, 9.17) is 10.7 Å². The van der Waals surface area contributed by atoms with Crippen LogP contribution in [-0.4, -0.2) is 49.7 Å². The number of aromatic nitrogens is 1. The van der Waals surface area contributed by atoms with E-state index >= 15 is 0 Å². The Labute approximate surface area is 132 Å². The van der Waals surface area contributed by atoms with Gasteiger partial charge in [-0.1, -0.05) is 12.1 Å². The van der Waals surface area contributed by atoms with Crippen molar-refractivity contribution in [3.05, 3.63) is 35.4 Å². The highest BCUT2D eigenvalue weighted by Crippen LogP contribution is 2.26. The summed E-state index contributed by atoms with van der Waals surface area (Å²) in [4.78, 5) is 9.82. The second-order valence-corrected chi connectivity index (χ2v) is 6.35. The lowest BCUT2D eigenvalue weighted by Crippen LogP contribution is -2.45. The first-order chi connectivity index (χ1) is 10.7. The maximum Gasteiger partial charge on any atom is 0.132 e. The molecule has 1 aromatic carbocycles. The van der Waals surface area contributed by atoms with Crippen molar-refractivity contribution in [1.29, 1.82) is 0 Å². The predicted octanol–water partition coefficient (Wildman–Crippen LogP) is 2.19. The molecule has 0 unspecified atom stereocenters. The maximum atomic E-state index is 5.71. The molecular weight excluding hydrogens is 272 g/mol. The Hall–Kier alpha value is -1.65. The summed E-state index contributed by atoms with van der Waals surface area (Å²) in [5.74, 6) is 1.17. The van der Waals surface area contributed by atoms with E-state index in [1.807, 2.05) is 0 Å². The summed E-state index contributed by atoms with van der Waals surface area (Å²) in [5.41, 5.74) is 9.42. The third-order valence-electron chi connectivity index (χ3n) is 4.48. The minimum atomic E-state index is 0.730. The van der Waals surface area contributed by atoms with Gasteiger partial charge in [-0.15, -0.1) is 0 Å². The molecule has 1 aliphatic rings. The van der Waals surface area contributed by atoms with Gasteiger partial charge in [0.15, 0.2) is 0 Å². The van der Waals surface area contributed by atoms with Crippen molar-refractivity contribution in [3.63, 3.8) is 0 Å². The fourth-order valence-corrected chi connectivity index (χ4v) is 3.08. The molecule has 2 N–H and O–H groups in total. The van der Waals surface area contributed by atoms with Gasteiger partial charge in [0.2, 0.25) is 0 Å². The summed E-state index contributed by atoms with van der Waals surface area (Å²) in [6, 6.07) is 8.83. The summed E-state index contributed by atoms with van der Waals surface area (Å²) in [7, 11) is 2.18. The van der Waals surface area contributed by atoms with Crippen LogP contribution in [-0.2, 0) is 6.42 Å². The molecule has 4 heteroatoms. The van der Waals surface area contributed by atoms with Crippen LogP contribution in [0.15, 0.2) is 24.3 Å². The van der Waals surface area contributed by atoms with Crippen molar-refractivity contribution in [2.45, 2.75) is 19.8 Å². The fraction of sp³-hybridized carbons (Fsp3) is 0.500. The van der Waals surface area contributed by atoms with Crippen molar-refractivity contribution in [3.8, 4) is 0 Å². The van der Waals surface area contributed by atoms with Gasteiger partial charge in [-0.3, -0.25) is 0 Å². The molecule has 1 saturated heterocycles. The van der Waals surface area contributed by atoms with Gasteiger partial charge in [0.1, 0.15) is 5.82 Å². The Balaban J connectivity index is 2.00. The molecule has 3 rings (SSSR count). The maximum absolute atomic E-state index is 5.71. The normalized spacial score (nSPS) is 16.4. The molecule has 1 fully saturated rings. The van der Waals surface area contributed by atoms with Gasteiger partial charge in [0, 0.05) is 31.6 Å². The van der Waals surface area contributed by atoms with Gasteiger partial charge in [0.05, 0.1) is 5.52 Å². The van der Waals surface area contributed by atoms with E-state index in [1.54, 1.807) is 0 Å². The monoisotopic (exact) mass is 298 g/mol. The Bertz CT molecular complexity index is 645. The second-order valence-electron chi connectivity index (χ2n) is 6.35. The Morgan fingerprint density at radius 2 is 1.91 bits per heavy atom. The molecule has 0 saturated carbocycles. The third kappa shape index (κ3) is 3.23. The zero-order valence-electron chi connectivity index (χ0n) is 13.7. The summed E-state index contributed by atoms with van der Waals surface area (Å²) in [6.07, 6.45) is 2.02. The van der Waals surface area contributed by atoms with E-state index in [-0.39, 0.29) is 0 Å². The quantitative estimate of drug-likeness (QED) is 0.940. The second kappa shape index (κ2) is 6.63. The van der Waals surface area contributed by atoms with Crippen LogP contribution in [0.25, 0.3) is 10.9 Å². The van der Waals surface area contributed by atoms with Crippen LogP contribution in [0, 0.1) is 6.92 Å². The van der Waals surface area contributed by atoms with Crippen molar-refractivity contribution in [2.24, 2.45) is 5.73 Å². The molecule has 1 aliphatic heterocycles. The van der Waals surface area contributed by atoms with E-state index in [9.17, 15) is 0 Å². The number of nitrogens with two attached hydrogens (primary N) is 1. The van der Waals surface area contributed by atoms with E-state index < -0.39 is 0 Å². The van der Waals surface area contributed by atoms with Crippen molar-refractivity contribution < 1.29 is 0 Å². The lowest BCUT2D eigenvalue weighted by Gasteiger charge is -2.34. The highest BCUT2D eigenvalue weighted by atomic mass is 15.3. The number of aryl methyl sites for hydroxylation is 2. The number of nitrogens with zero attached hydrogens (tertiary/aromatic N) is 3. The Kier molecular flexibility index (Phi) is 4.60. The number of rotatable bonds is 4. The average Bonchev–Trinajstić information content (AvgIpc) is 2.53. The zero-order valence-corrected chi connectivity index (χ0v) is 13.7.